The van der Waals surface area contributed by atoms with Gasteiger partial charge in [0, 0.05) is 28.2 Å². The lowest BCUT2D eigenvalue weighted by Gasteiger charge is -2.31. The van der Waals surface area contributed by atoms with Crippen LogP contribution in [0.3, 0.4) is 0 Å². The van der Waals surface area contributed by atoms with Gasteiger partial charge in [0.2, 0.25) is 0 Å². The molecule has 6 aromatic rings. The fraction of sp³-hybridized carbons (Fsp3) is 0.255. The number of hydrogen-bond acceptors (Lipinski definition) is 11. The average Bonchev–Trinajstić information content (AvgIpc) is 3.28. The Bertz CT molecular complexity index is 2410. The minimum Gasteiger partial charge on any atom is -0.491 e. The van der Waals surface area contributed by atoms with E-state index in [0.29, 0.717) is 11.5 Å². The molecule has 11 heteroatoms. The molecule has 0 saturated heterocycles. The number of carbonyl (C=O) groups excluding carboxylic acids is 2. The van der Waals surface area contributed by atoms with Crippen molar-refractivity contribution >= 4 is 33.5 Å². The number of rotatable bonds is 20. The molecule has 2 atom stereocenters. The highest BCUT2D eigenvalue weighted by molar-refractivity contribution is 5.96. The first-order chi connectivity index (χ1) is 30.0. The van der Waals surface area contributed by atoms with Crippen LogP contribution in [0, 0.1) is 0 Å². The van der Waals surface area contributed by atoms with E-state index < -0.39 is 24.1 Å². The fourth-order valence-electron chi connectivity index (χ4n) is 7.23. The van der Waals surface area contributed by atoms with E-state index in [4.69, 9.17) is 33.2 Å². The Balaban J connectivity index is 1.10. The van der Waals surface area contributed by atoms with Gasteiger partial charge in [-0.05, 0) is 88.5 Å². The molecule has 0 saturated carbocycles. The maximum atomic E-state index is 11.6. The lowest BCUT2D eigenvalue weighted by Crippen LogP contribution is -2.25. The maximum absolute atomic E-state index is 11.6. The zero-order valence-corrected chi connectivity index (χ0v) is 34.8. The highest BCUT2D eigenvalue weighted by Crippen LogP contribution is 2.52. The van der Waals surface area contributed by atoms with Crippen molar-refractivity contribution in [2.75, 3.05) is 52.9 Å². The number of fused-ring (bicyclic) bond motifs is 6. The van der Waals surface area contributed by atoms with Gasteiger partial charge in [0.15, 0.2) is 0 Å². The number of ether oxygens (including phenoxy) is 7. The molecule has 0 spiro atoms. The SMILES string of the molecule is C=C(C)C(=O)OCC(O)COCCOc1ccc2c3c(ccc2c1)Oc1ccc2cc(OCCOCC(O)COC(=O)C(=C)C)ccc2c1C3c1ccc(-c2ccccc2)cc1. The predicted octanol–water partition coefficient (Wildman–Crippen LogP) is 8.70. The number of hydrogen-bond donors (Lipinski definition) is 2. The Kier molecular flexibility index (Phi) is 14.3. The maximum Gasteiger partial charge on any atom is 0.333 e. The van der Waals surface area contributed by atoms with Gasteiger partial charge in [-0.1, -0.05) is 92.0 Å². The Labute approximate surface area is 360 Å². The van der Waals surface area contributed by atoms with Gasteiger partial charge in [-0.2, -0.15) is 0 Å². The van der Waals surface area contributed by atoms with Crippen LogP contribution in [-0.4, -0.2) is 87.2 Å². The van der Waals surface area contributed by atoms with Crippen molar-refractivity contribution in [1.29, 1.82) is 0 Å². The van der Waals surface area contributed by atoms with Gasteiger partial charge in [0.25, 0.3) is 0 Å². The first-order valence-electron chi connectivity index (χ1n) is 20.4. The first kappa shape index (κ1) is 43.6. The largest absolute Gasteiger partial charge is 0.491 e. The molecule has 1 heterocycles. The number of aliphatic hydroxyl groups excluding tert-OH is 2. The highest BCUT2D eigenvalue weighted by Gasteiger charge is 2.32. The summed E-state index contributed by atoms with van der Waals surface area (Å²) in [6.07, 6.45) is -1.92. The quantitative estimate of drug-likeness (QED) is 0.0433. The number of esters is 2. The summed E-state index contributed by atoms with van der Waals surface area (Å²) in [5.41, 5.74) is 5.98. The molecule has 0 fully saturated rings. The van der Waals surface area contributed by atoms with Crippen LogP contribution in [0.4, 0.5) is 0 Å². The van der Waals surface area contributed by atoms with Gasteiger partial charge in [-0.25, -0.2) is 9.59 Å². The van der Waals surface area contributed by atoms with E-state index in [1.807, 2.05) is 66.7 Å². The summed E-state index contributed by atoms with van der Waals surface area (Å²) < 4.78 is 39.9. The molecule has 320 valence electrons. The lowest BCUT2D eigenvalue weighted by molar-refractivity contribution is -0.143. The Morgan fingerprint density at radius 3 is 1.52 bits per heavy atom. The van der Waals surface area contributed by atoms with Crippen LogP contribution < -0.4 is 14.2 Å². The molecule has 11 nitrogen and oxygen atoms in total. The van der Waals surface area contributed by atoms with Crippen LogP contribution in [0.15, 0.2) is 140 Å². The van der Waals surface area contributed by atoms with E-state index in [1.54, 1.807) is 13.8 Å². The van der Waals surface area contributed by atoms with Crippen LogP contribution in [0.1, 0.15) is 36.5 Å². The smallest absolute Gasteiger partial charge is 0.333 e. The summed E-state index contributed by atoms with van der Waals surface area (Å²) in [6.45, 7) is 10.8. The average molecular weight is 839 g/mol. The van der Waals surface area contributed by atoms with E-state index in [1.165, 1.54) is 0 Å². The summed E-state index contributed by atoms with van der Waals surface area (Å²) in [7, 11) is 0. The summed E-state index contributed by atoms with van der Waals surface area (Å²) in [5, 5.41) is 24.2. The van der Waals surface area contributed by atoms with E-state index in [2.05, 4.69) is 61.7 Å². The predicted molar refractivity (Wildman–Crippen MR) is 237 cm³/mol. The summed E-state index contributed by atoms with van der Waals surface area (Å²) in [4.78, 5) is 23.2. The van der Waals surface area contributed by atoms with Crippen LogP contribution >= 0.6 is 0 Å². The minimum absolute atomic E-state index is 0.00531. The molecule has 62 heavy (non-hydrogen) atoms. The Morgan fingerprint density at radius 1 is 0.581 bits per heavy atom. The second kappa shape index (κ2) is 20.4. The number of benzene rings is 6. The zero-order chi connectivity index (χ0) is 43.6. The van der Waals surface area contributed by atoms with Gasteiger partial charge in [0.1, 0.15) is 61.6 Å². The normalized spacial score (nSPS) is 13.9. The number of aliphatic hydroxyl groups is 2. The molecular formula is C51H50O11. The first-order valence-corrected chi connectivity index (χ1v) is 20.4. The molecule has 7 rings (SSSR count). The molecule has 0 radical (unpaired) electrons. The molecule has 0 aliphatic carbocycles. The molecule has 2 N–H and O–H groups in total. The van der Waals surface area contributed by atoms with Crippen molar-refractivity contribution in [2.45, 2.75) is 32.0 Å². The zero-order valence-electron chi connectivity index (χ0n) is 34.8. The van der Waals surface area contributed by atoms with Gasteiger partial charge >= 0.3 is 11.9 Å². The standard InChI is InChI=1S/C51H50O11/c1-32(2)50(54)60-30-39(52)28-56-22-24-58-41-16-18-43-37(26-41)14-20-45-48(43)47(36-12-10-35(11-13-36)34-8-6-5-7-9-34)49-44-19-17-42(27-38(44)15-21-46(49)62-45)59-25-23-57-29-40(53)31-61-51(55)33(3)4/h5-21,26-27,39-40,47,52-53H,1,3,22-25,28-31H2,2,4H3. The topological polar surface area (TPSA) is 139 Å². The number of carbonyl (C=O) groups is 2. The Morgan fingerprint density at radius 2 is 1.05 bits per heavy atom. The van der Waals surface area contributed by atoms with Crippen LogP contribution in [0.25, 0.3) is 32.7 Å². The van der Waals surface area contributed by atoms with Crippen molar-refractivity contribution < 1.29 is 53.0 Å². The van der Waals surface area contributed by atoms with Gasteiger partial charge < -0.3 is 43.4 Å². The summed E-state index contributed by atoms with van der Waals surface area (Å²) in [6, 6.07) is 39.1. The molecular weight excluding hydrogens is 789 g/mol. The molecule has 1 aliphatic heterocycles. The molecule has 2 unspecified atom stereocenters. The third kappa shape index (κ3) is 10.7. The van der Waals surface area contributed by atoms with Crippen molar-refractivity contribution in [3.8, 4) is 34.1 Å². The van der Waals surface area contributed by atoms with Gasteiger partial charge in [-0.3, -0.25) is 0 Å². The van der Waals surface area contributed by atoms with Gasteiger partial charge in [-0.15, -0.1) is 0 Å². The van der Waals surface area contributed by atoms with E-state index in [9.17, 15) is 19.8 Å². The second-order valence-electron chi connectivity index (χ2n) is 15.2. The fourth-order valence-corrected chi connectivity index (χ4v) is 7.23. The molecule has 0 amide bonds. The monoisotopic (exact) mass is 838 g/mol. The van der Waals surface area contributed by atoms with Crippen molar-refractivity contribution in [3.63, 3.8) is 0 Å². The van der Waals surface area contributed by atoms with Crippen LogP contribution in [-0.2, 0) is 28.5 Å². The lowest BCUT2D eigenvalue weighted by atomic mass is 9.78. The summed E-state index contributed by atoms with van der Waals surface area (Å²) >= 11 is 0. The van der Waals surface area contributed by atoms with E-state index in [0.717, 1.165) is 60.9 Å². The second-order valence-corrected chi connectivity index (χ2v) is 15.2. The third-order valence-corrected chi connectivity index (χ3v) is 10.3. The van der Waals surface area contributed by atoms with Crippen molar-refractivity contribution in [2.24, 2.45) is 0 Å². The van der Waals surface area contributed by atoms with E-state index >= 15 is 0 Å². The molecule has 1 aliphatic rings. The molecule has 0 bridgehead atoms. The summed E-state index contributed by atoms with van der Waals surface area (Å²) in [5.74, 6) is 1.58. The van der Waals surface area contributed by atoms with Crippen molar-refractivity contribution in [3.05, 3.63) is 156 Å². The highest BCUT2D eigenvalue weighted by atomic mass is 16.6. The molecule has 6 aromatic carbocycles. The van der Waals surface area contributed by atoms with Crippen LogP contribution in [0.2, 0.25) is 0 Å². The Hall–Kier alpha value is -6.50. The minimum atomic E-state index is -0.959. The van der Waals surface area contributed by atoms with Crippen molar-refractivity contribution in [1.82, 2.24) is 0 Å². The van der Waals surface area contributed by atoms with E-state index in [-0.39, 0.29) is 69.9 Å². The van der Waals surface area contributed by atoms with Crippen LogP contribution in [0.5, 0.6) is 23.0 Å². The van der Waals surface area contributed by atoms with Gasteiger partial charge in [0.05, 0.1) is 26.4 Å². The third-order valence-electron chi connectivity index (χ3n) is 10.3. The molecule has 0 aromatic heterocycles.